The first-order valence-electron chi connectivity index (χ1n) is 8.51. The molecule has 0 aliphatic carbocycles. The Morgan fingerprint density at radius 3 is 2.75 bits per heavy atom. The third-order valence-corrected chi connectivity index (χ3v) is 4.19. The highest BCUT2D eigenvalue weighted by molar-refractivity contribution is 5.94. The topological polar surface area (TPSA) is 63.7 Å². The summed E-state index contributed by atoms with van der Waals surface area (Å²) >= 11 is 0. The highest BCUT2D eigenvalue weighted by Crippen LogP contribution is 2.18. The van der Waals surface area contributed by atoms with Gasteiger partial charge in [0.25, 0.3) is 0 Å². The van der Waals surface area contributed by atoms with Crippen molar-refractivity contribution in [3.8, 4) is 0 Å². The Bertz CT molecular complexity index is 611. The first kappa shape index (κ1) is 18.2. The number of imide groups is 1. The van der Waals surface area contributed by atoms with Crippen molar-refractivity contribution in [2.75, 3.05) is 6.61 Å². The van der Waals surface area contributed by atoms with Crippen molar-refractivity contribution in [2.24, 2.45) is 0 Å². The lowest BCUT2D eigenvalue weighted by Gasteiger charge is -2.18. The molecule has 1 heterocycles. The minimum Gasteiger partial charge on any atom is -0.447 e. The van der Waals surface area contributed by atoms with E-state index in [1.807, 2.05) is 0 Å². The van der Waals surface area contributed by atoms with E-state index in [4.69, 9.17) is 4.74 Å². The van der Waals surface area contributed by atoms with Gasteiger partial charge >= 0.3 is 6.09 Å². The van der Waals surface area contributed by atoms with E-state index in [0.29, 0.717) is 6.42 Å². The number of ether oxygens (including phenoxy) is 1. The largest absolute Gasteiger partial charge is 0.447 e. The first-order chi connectivity index (χ1) is 11.5. The zero-order valence-corrected chi connectivity index (χ0v) is 14.4. The Labute approximate surface area is 143 Å². The number of hydrogen-bond acceptors (Lipinski definition) is 4. The van der Waals surface area contributed by atoms with Gasteiger partial charge < -0.3 is 4.74 Å². The fraction of sp³-hybridized carbons (Fsp3) is 0.526. The summed E-state index contributed by atoms with van der Waals surface area (Å²) in [5.41, 5.74) is 2.57. The number of Topliss-reactive ketones (excluding diaryl/α,β-unsaturated/α-hetero) is 1. The van der Waals surface area contributed by atoms with Gasteiger partial charge in [0.1, 0.15) is 12.4 Å². The monoisotopic (exact) mass is 331 g/mol. The third kappa shape index (κ3) is 5.18. The standard InChI is InChI=1S/C19H25NO4/c1-14-7-6-9-16(11-14)8-4-3-5-10-18(22)20-17(12-15(2)21)13-24-19(20)23/h6-7,9,11,17H,3-5,8,10,12-13H2,1-2H3/t17-/m1/s1. The highest BCUT2D eigenvalue weighted by atomic mass is 16.6. The molecule has 0 saturated carbocycles. The molecule has 0 aromatic heterocycles. The van der Waals surface area contributed by atoms with Crippen LogP contribution in [-0.2, 0) is 20.7 Å². The van der Waals surface area contributed by atoms with Gasteiger partial charge in [-0.3, -0.25) is 9.59 Å². The molecule has 2 amide bonds. The first-order valence-corrected chi connectivity index (χ1v) is 8.51. The van der Waals surface area contributed by atoms with E-state index in [-0.39, 0.29) is 24.7 Å². The predicted octanol–water partition coefficient (Wildman–Crippen LogP) is 3.42. The van der Waals surface area contributed by atoms with Crippen molar-refractivity contribution in [1.29, 1.82) is 0 Å². The fourth-order valence-electron chi connectivity index (χ4n) is 3.02. The van der Waals surface area contributed by atoms with Gasteiger partial charge in [0.15, 0.2) is 0 Å². The third-order valence-electron chi connectivity index (χ3n) is 4.19. The van der Waals surface area contributed by atoms with Crippen LogP contribution < -0.4 is 0 Å². The lowest BCUT2D eigenvalue weighted by Crippen LogP contribution is -2.39. The summed E-state index contributed by atoms with van der Waals surface area (Å²) in [6.45, 7) is 3.66. The van der Waals surface area contributed by atoms with Crippen molar-refractivity contribution >= 4 is 17.8 Å². The van der Waals surface area contributed by atoms with Crippen molar-refractivity contribution in [3.05, 3.63) is 35.4 Å². The van der Waals surface area contributed by atoms with Gasteiger partial charge in [-0.25, -0.2) is 9.69 Å². The molecule has 0 bridgehead atoms. The summed E-state index contributed by atoms with van der Waals surface area (Å²) in [5, 5.41) is 0. The molecular weight excluding hydrogens is 306 g/mol. The number of carbonyl (C=O) groups excluding carboxylic acids is 3. The van der Waals surface area contributed by atoms with E-state index < -0.39 is 12.1 Å². The Kier molecular flexibility index (Phi) is 6.53. The molecule has 24 heavy (non-hydrogen) atoms. The molecule has 0 unspecified atom stereocenters. The van der Waals surface area contributed by atoms with E-state index >= 15 is 0 Å². The zero-order valence-electron chi connectivity index (χ0n) is 14.4. The van der Waals surface area contributed by atoms with E-state index in [2.05, 4.69) is 31.2 Å². The molecule has 0 N–H and O–H groups in total. The molecule has 1 aliphatic heterocycles. The summed E-state index contributed by atoms with van der Waals surface area (Å²) in [7, 11) is 0. The second kappa shape index (κ2) is 8.62. The molecule has 1 aromatic carbocycles. The number of benzene rings is 1. The van der Waals surface area contributed by atoms with Gasteiger partial charge in [-0.15, -0.1) is 0 Å². The van der Waals surface area contributed by atoms with Crippen LogP contribution in [0.3, 0.4) is 0 Å². The summed E-state index contributed by atoms with van der Waals surface area (Å²) in [6, 6.07) is 7.99. The van der Waals surface area contributed by atoms with Crippen LogP contribution in [0.1, 0.15) is 50.2 Å². The lowest BCUT2D eigenvalue weighted by atomic mass is 10.0. The average Bonchev–Trinajstić information content (AvgIpc) is 2.87. The number of amides is 2. The van der Waals surface area contributed by atoms with Crippen LogP contribution in [0.2, 0.25) is 0 Å². The number of unbranched alkanes of at least 4 members (excludes halogenated alkanes) is 2. The number of ketones is 1. The maximum Gasteiger partial charge on any atom is 0.416 e. The van der Waals surface area contributed by atoms with E-state index in [1.54, 1.807) is 0 Å². The Morgan fingerprint density at radius 2 is 2.04 bits per heavy atom. The normalized spacial score (nSPS) is 17.0. The smallest absolute Gasteiger partial charge is 0.416 e. The van der Waals surface area contributed by atoms with Crippen molar-refractivity contribution in [1.82, 2.24) is 4.90 Å². The number of nitrogens with zero attached hydrogens (tertiary/aromatic N) is 1. The van der Waals surface area contributed by atoms with Gasteiger partial charge in [0, 0.05) is 12.8 Å². The van der Waals surface area contributed by atoms with Crippen LogP contribution in [0.15, 0.2) is 24.3 Å². The Hall–Kier alpha value is -2.17. The van der Waals surface area contributed by atoms with Gasteiger partial charge in [-0.1, -0.05) is 36.2 Å². The number of aryl methyl sites for hydroxylation is 2. The van der Waals surface area contributed by atoms with Crippen LogP contribution in [0.5, 0.6) is 0 Å². The summed E-state index contributed by atoms with van der Waals surface area (Å²) in [5.74, 6) is -0.284. The van der Waals surface area contributed by atoms with Gasteiger partial charge in [-0.2, -0.15) is 0 Å². The fourth-order valence-corrected chi connectivity index (χ4v) is 3.02. The van der Waals surface area contributed by atoms with E-state index in [0.717, 1.165) is 30.6 Å². The molecule has 5 heteroatoms. The minimum absolute atomic E-state index is 0.0470. The summed E-state index contributed by atoms with van der Waals surface area (Å²) in [6.07, 6.45) is 3.54. The van der Waals surface area contributed by atoms with E-state index in [1.165, 1.54) is 18.1 Å². The second-order valence-corrected chi connectivity index (χ2v) is 6.45. The van der Waals surface area contributed by atoms with Crippen molar-refractivity contribution in [3.63, 3.8) is 0 Å². The van der Waals surface area contributed by atoms with Crippen LogP contribution >= 0.6 is 0 Å². The summed E-state index contributed by atoms with van der Waals surface area (Å²) in [4.78, 5) is 36.3. The van der Waals surface area contributed by atoms with Crippen molar-refractivity contribution < 1.29 is 19.1 Å². The second-order valence-electron chi connectivity index (χ2n) is 6.45. The molecule has 1 atom stereocenters. The molecule has 2 rings (SSSR count). The number of hydrogen-bond donors (Lipinski definition) is 0. The molecule has 130 valence electrons. The lowest BCUT2D eigenvalue weighted by molar-refractivity contribution is -0.129. The quantitative estimate of drug-likeness (QED) is 0.685. The highest BCUT2D eigenvalue weighted by Gasteiger charge is 2.37. The van der Waals surface area contributed by atoms with Gasteiger partial charge in [0.05, 0.1) is 6.04 Å². The molecule has 1 saturated heterocycles. The van der Waals surface area contributed by atoms with Crippen LogP contribution in [0, 0.1) is 6.92 Å². The summed E-state index contributed by atoms with van der Waals surface area (Å²) < 4.78 is 4.91. The Morgan fingerprint density at radius 1 is 1.25 bits per heavy atom. The minimum atomic E-state index is -0.619. The molecular formula is C19H25NO4. The maximum atomic E-state index is 12.2. The van der Waals surface area contributed by atoms with Crippen LogP contribution in [0.4, 0.5) is 4.79 Å². The molecule has 1 aromatic rings. The van der Waals surface area contributed by atoms with Crippen LogP contribution in [-0.4, -0.2) is 35.3 Å². The molecule has 0 spiro atoms. The maximum absolute atomic E-state index is 12.2. The van der Waals surface area contributed by atoms with E-state index in [9.17, 15) is 14.4 Å². The predicted molar refractivity (Wildman–Crippen MR) is 90.6 cm³/mol. The number of rotatable bonds is 8. The van der Waals surface area contributed by atoms with Gasteiger partial charge in [-0.05, 0) is 38.7 Å². The molecule has 5 nitrogen and oxygen atoms in total. The molecule has 0 radical (unpaired) electrons. The number of cyclic esters (lactones) is 1. The Balaban J connectivity index is 1.72. The molecule has 1 fully saturated rings. The van der Waals surface area contributed by atoms with Gasteiger partial charge in [0.2, 0.25) is 5.91 Å². The van der Waals surface area contributed by atoms with Crippen molar-refractivity contribution in [2.45, 2.75) is 58.4 Å². The SMILES string of the molecule is CC(=O)C[C@@H]1COC(=O)N1C(=O)CCCCCc1cccc(C)c1. The average molecular weight is 331 g/mol. The molecule has 1 aliphatic rings. The van der Waals surface area contributed by atoms with Crippen LogP contribution in [0.25, 0.3) is 0 Å². The number of carbonyl (C=O) groups is 3. The zero-order chi connectivity index (χ0) is 17.5.